The molecule has 122 valence electrons. The number of benzene rings is 1. The first-order valence-corrected chi connectivity index (χ1v) is 7.71. The van der Waals surface area contributed by atoms with Crippen molar-refractivity contribution in [3.63, 3.8) is 0 Å². The van der Waals surface area contributed by atoms with E-state index in [9.17, 15) is 18.0 Å². The van der Waals surface area contributed by atoms with E-state index in [0.717, 1.165) is 7.11 Å². The van der Waals surface area contributed by atoms with Crippen LogP contribution in [-0.2, 0) is 28.6 Å². The Labute approximate surface area is 129 Å². The van der Waals surface area contributed by atoms with Crippen LogP contribution in [0.3, 0.4) is 0 Å². The molecule has 0 saturated heterocycles. The third kappa shape index (κ3) is 3.83. The largest absolute Gasteiger partial charge is 0.497 e. The van der Waals surface area contributed by atoms with Gasteiger partial charge in [-0.25, -0.2) is 0 Å². The van der Waals surface area contributed by atoms with Gasteiger partial charge in [0, 0.05) is 0 Å². The molecule has 8 heteroatoms. The summed E-state index contributed by atoms with van der Waals surface area (Å²) >= 11 is 0. The van der Waals surface area contributed by atoms with Gasteiger partial charge in [-0.3, -0.25) is 13.8 Å². The fourth-order valence-corrected chi connectivity index (χ4v) is 2.53. The first-order valence-electron chi connectivity index (χ1n) is 6.30. The number of ketones is 1. The maximum Gasteiger partial charge on any atom is 0.321 e. The smallest absolute Gasteiger partial charge is 0.321 e. The second kappa shape index (κ2) is 6.89. The molecule has 0 saturated carbocycles. The molecule has 0 aliphatic rings. The number of rotatable bonds is 7. The average Bonchev–Trinajstić information content (AvgIpc) is 2.51. The van der Waals surface area contributed by atoms with E-state index in [2.05, 4.69) is 4.74 Å². The number of ether oxygens (including phenoxy) is 2. The van der Waals surface area contributed by atoms with Crippen LogP contribution < -0.4 is 4.74 Å². The molecule has 0 spiro atoms. The molecular weight excluding hydrogens is 312 g/mol. The minimum atomic E-state index is -4.11. The molecule has 1 aromatic carbocycles. The SMILES string of the molecule is COC(=O)C(C)(COS(=O)(=O)c1ccc(OC)cc1)C(C)=O. The average molecular weight is 330 g/mol. The lowest BCUT2D eigenvalue weighted by Crippen LogP contribution is -2.41. The molecule has 1 aromatic rings. The summed E-state index contributed by atoms with van der Waals surface area (Å²) in [6.07, 6.45) is 0. The summed E-state index contributed by atoms with van der Waals surface area (Å²) in [5.41, 5.74) is -1.69. The van der Waals surface area contributed by atoms with Crippen molar-refractivity contribution in [1.29, 1.82) is 0 Å². The molecule has 0 aliphatic heterocycles. The van der Waals surface area contributed by atoms with E-state index in [4.69, 9.17) is 8.92 Å². The zero-order chi connectivity index (χ0) is 17.0. The molecule has 0 radical (unpaired) electrons. The Bertz CT molecular complexity index is 648. The molecule has 1 rings (SSSR count). The third-order valence-electron chi connectivity index (χ3n) is 3.26. The standard InChI is InChI=1S/C14H18O7S/c1-10(15)14(2,13(16)20-4)9-21-22(17,18)12-7-5-11(19-3)6-8-12/h5-8H,9H2,1-4H3. The van der Waals surface area contributed by atoms with Crippen LogP contribution in [0.4, 0.5) is 0 Å². The van der Waals surface area contributed by atoms with Crippen LogP contribution in [0.15, 0.2) is 29.2 Å². The summed E-state index contributed by atoms with van der Waals surface area (Å²) in [4.78, 5) is 23.2. The van der Waals surface area contributed by atoms with Gasteiger partial charge in [-0.15, -0.1) is 0 Å². The van der Waals surface area contributed by atoms with Crippen LogP contribution in [0.25, 0.3) is 0 Å². The van der Waals surface area contributed by atoms with E-state index in [-0.39, 0.29) is 4.90 Å². The number of hydrogen-bond donors (Lipinski definition) is 0. The Hall–Kier alpha value is -1.93. The highest BCUT2D eigenvalue weighted by Crippen LogP contribution is 2.24. The Morgan fingerprint density at radius 2 is 1.68 bits per heavy atom. The van der Waals surface area contributed by atoms with Crippen LogP contribution in [0.1, 0.15) is 13.8 Å². The summed E-state index contributed by atoms with van der Waals surface area (Å²) in [6.45, 7) is 1.80. The van der Waals surface area contributed by atoms with E-state index in [1.54, 1.807) is 0 Å². The summed E-state index contributed by atoms with van der Waals surface area (Å²) in [5.74, 6) is -0.920. The van der Waals surface area contributed by atoms with Gasteiger partial charge in [0.1, 0.15) is 16.9 Å². The number of methoxy groups -OCH3 is 2. The zero-order valence-electron chi connectivity index (χ0n) is 12.8. The monoisotopic (exact) mass is 330 g/mol. The number of carbonyl (C=O) groups is 2. The molecule has 0 bridgehead atoms. The minimum absolute atomic E-state index is 0.107. The summed E-state index contributed by atoms with van der Waals surface area (Å²) in [7, 11) is -1.54. The second-order valence-corrected chi connectivity index (χ2v) is 6.39. The van der Waals surface area contributed by atoms with Crippen molar-refractivity contribution in [1.82, 2.24) is 0 Å². The van der Waals surface area contributed by atoms with Gasteiger partial charge in [-0.05, 0) is 38.1 Å². The van der Waals surface area contributed by atoms with E-state index in [1.807, 2.05) is 0 Å². The van der Waals surface area contributed by atoms with Crippen molar-refractivity contribution in [3.05, 3.63) is 24.3 Å². The predicted molar refractivity (Wildman–Crippen MR) is 76.9 cm³/mol. The van der Waals surface area contributed by atoms with Crippen LogP contribution >= 0.6 is 0 Å². The molecule has 0 aliphatic carbocycles. The lowest BCUT2D eigenvalue weighted by molar-refractivity contribution is -0.158. The van der Waals surface area contributed by atoms with Gasteiger partial charge in [0.2, 0.25) is 0 Å². The molecule has 0 N–H and O–H groups in total. The maximum atomic E-state index is 12.1. The van der Waals surface area contributed by atoms with Crippen molar-refractivity contribution in [2.75, 3.05) is 20.8 Å². The van der Waals surface area contributed by atoms with Crippen LogP contribution in [0.5, 0.6) is 5.75 Å². The van der Waals surface area contributed by atoms with E-state index in [0.29, 0.717) is 5.75 Å². The summed E-state index contributed by atoms with van der Waals surface area (Å²) in [6, 6.07) is 5.52. The van der Waals surface area contributed by atoms with Crippen molar-refractivity contribution in [2.24, 2.45) is 5.41 Å². The highest BCUT2D eigenvalue weighted by atomic mass is 32.2. The first kappa shape index (κ1) is 18.1. The molecule has 7 nitrogen and oxygen atoms in total. The Morgan fingerprint density at radius 1 is 1.14 bits per heavy atom. The van der Waals surface area contributed by atoms with E-state index >= 15 is 0 Å². The van der Waals surface area contributed by atoms with Gasteiger partial charge in [-0.1, -0.05) is 0 Å². The Morgan fingerprint density at radius 3 is 2.09 bits per heavy atom. The highest BCUT2D eigenvalue weighted by Gasteiger charge is 2.41. The minimum Gasteiger partial charge on any atom is -0.497 e. The van der Waals surface area contributed by atoms with Crippen molar-refractivity contribution in [3.8, 4) is 5.75 Å². The molecule has 0 amide bonds. The van der Waals surface area contributed by atoms with Crippen LogP contribution in [-0.4, -0.2) is 41.0 Å². The van der Waals surface area contributed by atoms with Gasteiger partial charge in [-0.2, -0.15) is 8.42 Å². The van der Waals surface area contributed by atoms with E-state index in [1.165, 1.54) is 45.2 Å². The molecule has 0 heterocycles. The zero-order valence-corrected chi connectivity index (χ0v) is 13.6. The quantitative estimate of drug-likeness (QED) is 0.420. The predicted octanol–water partition coefficient (Wildman–Crippen LogP) is 1.17. The molecule has 0 fully saturated rings. The first-order chi connectivity index (χ1) is 10.2. The fourth-order valence-electron chi connectivity index (χ4n) is 1.54. The molecule has 1 unspecified atom stereocenters. The second-order valence-electron chi connectivity index (χ2n) is 4.77. The van der Waals surface area contributed by atoms with Gasteiger partial charge >= 0.3 is 5.97 Å². The van der Waals surface area contributed by atoms with Gasteiger partial charge in [0.25, 0.3) is 10.1 Å². The van der Waals surface area contributed by atoms with Crippen molar-refractivity contribution < 1.29 is 31.7 Å². The van der Waals surface area contributed by atoms with E-state index < -0.39 is 33.9 Å². The van der Waals surface area contributed by atoms with Crippen molar-refractivity contribution >= 4 is 21.9 Å². The summed E-state index contributed by atoms with van der Waals surface area (Å²) < 4.78 is 38.5. The highest BCUT2D eigenvalue weighted by molar-refractivity contribution is 7.86. The third-order valence-corrected chi connectivity index (χ3v) is 4.54. The number of Topliss-reactive ketones (excluding diaryl/α,β-unsaturated/α-hetero) is 1. The lowest BCUT2D eigenvalue weighted by atomic mass is 9.88. The Kier molecular flexibility index (Phi) is 5.67. The lowest BCUT2D eigenvalue weighted by Gasteiger charge is -2.22. The number of esters is 1. The van der Waals surface area contributed by atoms with Crippen LogP contribution in [0, 0.1) is 5.41 Å². The molecule has 0 aromatic heterocycles. The van der Waals surface area contributed by atoms with Gasteiger partial charge < -0.3 is 9.47 Å². The molecular formula is C14H18O7S. The fraction of sp³-hybridized carbons (Fsp3) is 0.429. The topological polar surface area (TPSA) is 96.0 Å². The molecule has 22 heavy (non-hydrogen) atoms. The molecule has 1 atom stereocenters. The van der Waals surface area contributed by atoms with Gasteiger partial charge in [0.05, 0.1) is 25.7 Å². The summed E-state index contributed by atoms with van der Waals surface area (Å²) in [5, 5.41) is 0. The Balaban J connectivity index is 2.96. The van der Waals surface area contributed by atoms with Gasteiger partial charge in [0.15, 0.2) is 0 Å². The van der Waals surface area contributed by atoms with Crippen molar-refractivity contribution in [2.45, 2.75) is 18.7 Å². The number of hydrogen-bond acceptors (Lipinski definition) is 7. The number of carbonyl (C=O) groups excluding carboxylic acids is 2. The van der Waals surface area contributed by atoms with Crippen LogP contribution in [0.2, 0.25) is 0 Å². The maximum absolute atomic E-state index is 12.1. The normalized spacial score (nSPS) is 14.0.